The van der Waals surface area contributed by atoms with Gasteiger partial charge in [0.05, 0.1) is 0 Å². The monoisotopic (exact) mass is 169 g/mol. The Morgan fingerprint density at radius 1 is 1.50 bits per heavy atom. The van der Waals surface area contributed by atoms with Crippen LogP contribution in [0.4, 0.5) is 0 Å². The van der Waals surface area contributed by atoms with Gasteiger partial charge in [-0.1, -0.05) is 26.8 Å². The third-order valence-electron chi connectivity index (χ3n) is 2.92. The fourth-order valence-corrected chi connectivity index (χ4v) is 1.56. The van der Waals surface area contributed by atoms with Crippen molar-refractivity contribution in [2.75, 3.05) is 6.54 Å². The summed E-state index contributed by atoms with van der Waals surface area (Å²) in [5.74, 6) is 0.667. The van der Waals surface area contributed by atoms with Crippen LogP contribution in [-0.4, -0.2) is 12.1 Å². The third kappa shape index (κ3) is 2.98. The maximum absolute atomic E-state index is 3.78. The second kappa shape index (κ2) is 5.36. The molecule has 1 unspecified atom stereocenters. The molecule has 72 valence electrons. The average Bonchev–Trinajstić information content (AvgIpc) is 2.05. The van der Waals surface area contributed by atoms with E-state index in [4.69, 9.17) is 0 Å². The minimum Gasteiger partial charge on any atom is -0.312 e. The molecular weight excluding hydrogens is 146 g/mol. The van der Waals surface area contributed by atoms with Crippen LogP contribution in [0.1, 0.15) is 40.5 Å². The summed E-state index contributed by atoms with van der Waals surface area (Å²) in [5, 5.41) is 3.55. The fraction of sp³-hybridized carbons (Fsp3) is 0.818. The van der Waals surface area contributed by atoms with Crippen LogP contribution in [0.25, 0.3) is 0 Å². The Morgan fingerprint density at radius 3 is 2.42 bits per heavy atom. The van der Waals surface area contributed by atoms with Crippen LogP contribution >= 0.6 is 0 Å². The van der Waals surface area contributed by atoms with Crippen molar-refractivity contribution in [1.29, 1.82) is 0 Å². The minimum absolute atomic E-state index is 0.281. The van der Waals surface area contributed by atoms with Gasteiger partial charge in [0.2, 0.25) is 0 Å². The molecule has 0 rings (SSSR count). The lowest BCUT2D eigenvalue weighted by molar-refractivity contribution is 0.242. The van der Waals surface area contributed by atoms with Crippen molar-refractivity contribution in [2.45, 2.75) is 46.1 Å². The first kappa shape index (κ1) is 11.7. The van der Waals surface area contributed by atoms with Crippen molar-refractivity contribution in [3.8, 4) is 0 Å². The van der Waals surface area contributed by atoms with Gasteiger partial charge >= 0.3 is 0 Å². The van der Waals surface area contributed by atoms with E-state index in [9.17, 15) is 0 Å². The zero-order valence-electron chi connectivity index (χ0n) is 8.98. The van der Waals surface area contributed by atoms with Crippen LogP contribution in [0.15, 0.2) is 12.7 Å². The van der Waals surface area contributed by atoms with Crippen molar-refractivity contribution >= 4 is 0 Å². The zero-order chi connectivity index (χ0) is 9.61. The number of allylic oxidation sites excluding steroid dienone is 1. The lowest BCUT2D eigenvalue weighted by Crippen LogP contribution is -2.47. The summed E-state index contributed by atoms with van der Waals surface area (Å²) in [4.78, 5) is 0. The van der Waals surface area contributed by atoms with E-state index >= 15 is 0 Å². The summed E-state index contributed by atoms with van der Waals surface area (Å²) in [6, 6.07) is 0. The topological polar surface area (TPSA) is 12.0 Å². The van der Waals surface area contributed by atoms with Crippen molar-refractivity contribution in [3.63, 3.8) is 0 Å². The van der Waals surface area contributed by atoms with Crippen LogP contribution in [-0.2, 0) is 0 Å². The highest BCUT2D eigenvalue weighted by atomic mass is 15.0. The highest BCUT2D eigenvalue weighted by Gasteiger charge is 2.26. The average molecular weight is 169 g/mol. The molecule has 0 aliphatic rings. The van der Waals surface area contributed by atoms with Crippen LogP contribution in [0.3, 0.4) is 0 Å². The molecule has 0 aromatic heterocycles. The van der Waals surface area contributed by atoms with Crippen molar-refractivity contribution in [3.05, 3.63) is 12.7 Å². The van der Waals surface area contributed by atoms with Gasteiger partial charge < -0.3 is 5.32 Å². The summed E-state index contributed by atoms with van der Waals surface area (Å²) in [7, 11) is 0. The van der Waals surface area contributed by atoms with Crippen LogP contribution in [0.5, 0.6) is 0 Å². The lowest BCUT2D eigenvalue weighted by Gasteiger charge is -2.35. The predicted molar refractivity (Wildman–Crippen MR) is 56.4 cm³/mol. The number of nitrogens with one attached hydrogen (secondary N) is 1. The van der Waals surface area contributed by atoms with Gasteiger partial charge in [0.15, 0.2) is 0 Å². The van der Waals surface area contributed by atoms with E-state index in [1.54, 1.807) is 0 Å². The van der Waals surface area contributed by atoms with Crippen LogP contribution in [0, 0.1) is 5.92 Å². The Labute approximate surface area is 77.2 Å². The summed E-state index contributed by atoms with van der Waals surface area (Å²) in [5.41, 5.74) is 0.281. The third-order valence-corrected chi connectivity index (χ3v) is 2.92. The predicted octanol–water partition coefficient (Wildman–Crippen LogP) is 2.98. The molecule has 0 heterocycles. The van der Waals surface area contributed by atoms with E-state index in [1.165, 1.54) is 6.42 Å². The summed E-state index contributed by atoms with van der Waals surface area (Å²) in [6.07, 6.45) is 4.28. The fourth-order valence-electron chi connectivity index (χ4n) is 1.56. The molecule has 0 spiro atoms. The molecule has 0 bridgehead atoms. The minimum atomic E-state index is 0.281. The second-order valence-corrected chi connectivity index (χ2v) is 3.73. The molecule has 1 heteroatoms. The second-order valence-electron chi connectivity index (χ2n) is 3.73. The Balaban J connectivity index is 4.17. The maximum Gasteiger partial charge on any atom is 0.0179 e. The molecule has 0 saturated carbocycles. The molecule has 0 saturated heterocycles. The van der Waals surface area contributed by atoms with E-state index < -0.39 is 0 Å². The zero-order valence-corrected chi connectivity index (χ0v) is 8.98. The summed E-state index contributed by atoms with van der Waals surface area (Å²) in [6.45, 7) is 13.8. The van der Waals surface area contributed by atoms with Gasteiger partial charge in [0.25, 0.3) is 0 Å². The van der Waals surface area contributed by atoms with Gasteiger partial charge in [-0.2, -0.15) is 0 Å². The molecule has 0 aromatic carbocycles. The Kier molecular flexibility index (Phi) is 5.23. The molecule has 0 fully saturated rings. The molecule has 0 amide bonds. The molecule has 0 aromatic rings. The van der Waals surface area contributed by atoms with Gasteiger partial charge in [-0.3, -0.25) is 0 Å². The van der Waals surface area contributed by atoms with Crippen molar-refractivity contribution < 1.29 is 0 Å². The SMILES string of the molecule is C=CC[C@H](C)C(C)(CC)NCC. The van der Waals surface area contributed by atoms with E-state index in [0.29, 0.717) is 5.92 Å². The standard InChI is InChI=1S/C11H23N/c1-6-9-10(4)11(5,7-2)12-8-3/h6,10,12H,1,7-9H2,2-5H3/t10-,11?/m0/s1. The Hall–Kier alpha value is -0.300. The molecule has 0 aliphatic carbocycles. The van der Waals surface area contributed by atoms with Crippen LogP contribution < -0.4 is 5.32 Å². The normalized spacial score (nSPS) is 18.3. The highest BCUT2D eigenvalue weighted by molar-refractivity contribution is 4.89. The lowest BCUT2D eigenvalue weighted by atomic mass is 9.82. The van der Waals surface area contributed by atoms with E-state index in [1.807, 2.05) is 6.08 Å². The van der Waals surface area contributed by atoms with Gasteiger partial charge in [0, 0.05) is 5.54 Å². The van der Waals surface area contributed by atoms with Crippen LogP contribution in [0.2, 0.25) is 0 Å². The first-order valence-corrected chi connectivity index (χ1v) is 4.96. The summed E-state index contributed by atoms with van der Waals surface area (Å²) >= 11 is 0. The molecule has 2 atom stereocenters. The quantitative estimate of drug-likeness (QED) is 0.603. The number of hydrogen-bond donors (Lipinski definition) is 1. The summed E-state index contributed by atoms with van der Waals surface area (Å²) < 4.78 is 0. The van der Waals surface area contributed by atoms with E-state index in [0.717, 1.165) is 13.0 Å². The number of rotatable bonds is 6. The molecule has 12 heavy (non-hydrogen) atoms. The largest absolute Gasteiger partial charge is 0.312 e. The maximum atomic E-state index is 3.78. The smallest absolute Gasteiger partial charge is 0.0179 e. The number of hydrogen-bond acceptors (Lipinski definition) is 1. The Bertz CT molecular complexity index is 131. The molecule has 1 nitrogen and oxygen atoms in total. The first-order valence-electron chi connectivity index (χ1n) is 4.96. The van der Waals surface area contributed by atoms with Crippen molar-refractivity contribution in [1.82, 2.24) is 5.32 Å². The highest BCUT2D eigenvalue weighted by Crippen LogP contribution is 2.23. The van der Waals surface area contributed by atoms with Gasteiger partial charge in [-0.05, 0) is 32.2 Å². The van der Waals surface area contributed by atoms with Gasteiger partial charge in [-0.25, -0.2) is 0 Å². The Morgan fingerprint density at radius 2 is 2.08 bits per heavy atom. The molecule has 1 N–H and O–H groups in total. The molecular formula is C11H23N. The van der Waals surface area contributed by atoms with Gasteiger partial charge in [0.1, 0.15) is 0 Å². The first-order chi connectivity index (χ1) is 5.60. The molecule has 0 aliphatic heterocycles. The molecule has 0 radical (unpaired) electrons. The van der Waals surface area contributed by atoms with Crippen molar-refractivity contribution in [2.24, 2.45) is 5.92 Å². The van der Waals surface area contributed by atoms with E-state index in [-0.39, 0.29) is 5.54 Å². The van der Waals surface area contributed by atoms with Gasteiger partial charge in [-0.15, -0.1) is 6.58 Å². The van der Waals surface area contributed by atoms with E-state index in [2.05, 4.69) is 39.6 Å².